The summed E-state index contributed by atoms with van der Waals surface area (Å²) in [6.07, 6.45) is 3.83. The number of nitrogens with zero attached hydrogens (tertiary/aromatic N) is 1. The Kier molecular flexibility index (Phi) is 4.06. The van der Waals surface area contributed by atoms with E-state index >= 15 is 0 Å². The maximum atomic E-state index is 5.73. The Labute approximate surface area is 122 Å². The van der Waals surface area contributed by atoms with Crippen molar-refractivity contribution in [3.63, 3.8) is 0 Å². The molecule has 3 rings (SSSR count). The third kappa shape index (κ3) is 2.88. The number of hydrazine groups is 1. The standard InChI is InChI=1S/C16H17N3S/c17-19-16(5-3-12-7-9-20-11-12)14-4-6-15-13(10-14)2-1-8-18-15/h1-2,4,6-11,16,19H,3,5,17H2. The number of fused-ring (bicyclic) bond motifs is 1. The first-order valence-corrected chi connectivity index (χ1v) is 7.63. The third-order valence-corrected chi connectivity index (χ3v) is 4.26. The lowest BCUT2D eigenvalue weighted by atomic mass is 9.99. The summed E-state index contributed by atoms with van der Waals surface area (Å²) in [5.41, 5.74) is 6.53. The van der Waals surface area contributed by atoms with E-state index in [1.165, 1.54) is 11.1 Å². The first kappa shape index (κ1) is 13.2. The van der Waals surface area contributed by atoms with Crippen molar-refractivity contribution in [3.8, 4) is 0 Å². The molecule has 20 heavy (non-hydrogen) atoms. The van der Waals surface area contributed by atoms with Crippen molar-refractivity contribution in [1.82, 2.24) is 10.4 Å². The van der Waals surface area contributed by atoms with Gasteiger partial charge in [-0.1, -0.05) is 12.1 Å². The zero-order valence-electron chi connectivity index (χ0n) is 11.1. The number of rotatable bonds is 5. The lowest BCUT2D eigenvalue weighted by molar-refractivity contribution is 0.517. The highest BCUT2D eigenvalue weighted by atomic mass is 32.1. The highest BCUT2D eigenvalue weighted by Gasteiger charge is 2.10. The van der Waals surface area contributed by atoms with Gasteiger partial charge in [-0.3, -0.25) is 16.3 Å². The van der Waals surface area contributed by atoms with Crippen molar-refractivity contribution in [1.29, 1.82) is 0 Å². The summed E-state index contributed by atoms with van der Waals surface area (Å²) in [6, 6.07) is 12.7. The number of nitrogens with two attached hydrogens (primary N) is 1. The van der Waals surface area contributed by atoms with Crippen molar-refractivity contribution in [2.75, 3.05) is 0 Å². The second kappa shape index (κ2) is 6.13. The zero-order chi connectivity index (χ0) is 13.8. The number of thiophene rings is 1. The van der Waals surface area contributed by atoms with Crippen molar-refractivity contribution in [2.24, 2.45) is 5.84 Å². The number of aryl methyl sites for hydroxylation is 1. The van der Waals surface area contributed by atoms with E-state index in [1.807, 2.05) is 12.3 Å². The number of benzene rings is 1. The molecule has 2 heterocycles. The predicted octanol–water partition coefficient (Wildman–Crippen LogP) is 3.43. The molecule has 0 aliphatic carbocycles. The number of hydrogen-bond donors (Lipinski definition) is 2. The van der Waals surface area contributed by atoms with Crippen molar-refractivity contribution in [3.05, 3.63) is 64.5 Å². The molecule has 0 fully saturated rings. The Balaban J connectivity index is 1.79. The summed E-state index contributed by atoms with van der Waals surface area (Å²) in [4.78, 5) is 4.34. The lowest BCUT2D eigenvalue weighted by Gasteiger charge is -2.16. The van der Waals surface area contributed by atoms with E-state index < -0.39 is 0 Å². The van der Waals surface area contributed by atoms with E-state index in [4.69, 9.17) is 5.84 Å². The van der Waals surface area contributed by atoms with Crippen LogP contribution in [0.2, 0.25) is 0 Å². The van der Waals surface area contributed by atoms with Crippen LogP contribution < -0.4 is 11.3 Å². The van der Waals surface area contributed by atoms with Crippen molar-refractivity contribution >= 4 is 22.2 Å². The number of hydrogen-bond acceptors (Lipinski definition) is 4. The summed E-state index contributed by atoms with van der Waals surface area (Å²) < 4.78 is 0. The summed E-state index contributed by atoms with van der Waals surface area (Å²) >= 11 is 1.74. The second-order valence-corrected chi connectivity index (χ2v) is 5.63. The normalized spacial score (nSPS) is 12.7. The van der Waals surface area contributed by atoms with Gasteiger partial charge >= 0.3 is 0 Å². The van der Waals surface area contributed by atoms with E-state index in [1.54, 1.807) is 11.3 Å². The van der Waals surface area contributed by atoms with Crippen molar-refractivity contribution in [2.45, 2.75) is 18.9 Å². The van der Waals surface area contributed by atoms with Crippen LogP contribution in [0.5, 0.6) is 0 Å². The fraction of sp³-hybridized carbons (Fsp3) is 0.188. The molecule has 3 aromatic rings. The molecule has 102 valence electrons. The maximum Gasteiger partial charge on any atom is 0.0702 e. The van der Waals surface area contributed by atoms with Crippen LogP contribution in [0.3, 0.4) is 0 Å². The lowest BCUT2D eigenvalue weighted by Crippen LogP contribution is -2.28. The van der Waals surface area contributed by atoms with Gasteiger partial charge < -0.3 is 0 Å². The van der Waals surface area contributed by atoms with E-state index in [0.29, 0.717) is 0 Å². The fourth-order valence-corrected chi connectivity index (χ4v) is 3.11. The summed E-state index contributed by atoms with van der Waals surface area (Å²) in [7, 11) is 0. The first-order chi connectivity index (χ1) is 9.86. The zero-order valence-corrected chi connectivity index (χ0v) is 11.9. The van der Waals surface area contributed by atoms with Gasteiger partial charge in [0.15, 0.2) is 0 Å². The third-order valence-electron chi connectivity index (χ3n) is 3.53. The molecule has 0 aliphatic heterocycles. The highest BCUT2D eigenvalue weighted by molar-refractivity contribution is 7.07. The maximum absolute atomic E-state index is 5.73. The molecule has 2 aromatic heterocycles. The molecule has 0 saturated carbocycles. The van der Waals surface area contributed by atoms with Gasteiger partial charge in [-0.2, -0.15) is 11.3 Å². The SMILES string of the molecule is NNC(CCc1ccsc1)c1ccc2ncccc2c1. The Bertz CT molecular complexity index is 679. The van der Waals surface area contributed by atoms with Crippen LogP contribution in [0.4, 0.5) is 0 Å². The molecule has 1 atom stereocenters. The fourth-order valence-electron chi connectivity index (χ4n) is 2.40. The second-order valence-electron chi connectivity index (χ2n) is 4.85. The van der Waals surface area contributed by atoms with Crippen LogP contribution in [-0.2, 0) is 6.42 Å². The Morgan fingerprint density at radius 2 is 2.20 bits per heavy atom. The smallest absolute Gasteiger partial charge is 0.0702 e. The van der Waals surface area contributed by atoms with Crippen molar-refractivity contribution < 1.29 is 0 Å². The Hall–Kier alpha value is -1.75. The molecule has 0 bridgehead atoms. The number of pyridine rings is 1. The van der Waals surface area contributed by atoms with Crippen LogP contribution in [0.1, 0.15) is 23.6 Å². The topological polar surface area (TPSA) is 50.9 Å². The first-order valence-electron chi connectivity index (χ1n) is 6.69. The minimum Gasteiger partial charge on any atom is -0.271 e. The van der Waals surface area contributed by atoms with Crippen LogP contribution in [0.15, 0.2) is 53.4 Å². The quantitative estimate of drug-likeness (QED) is 0.557. The minimum absolute atomic E-state index is 0.166. The van der Waals surface area contributed by atoms with Crippen LogP contribution >= 0.6 is 11.3 Å². The minimum atomic E-state index is 0.166. The van der Waals surface area contributed by atoms with Crippen LogP contribution in [0.25, 0.3) is 10.9 Å². The Morgan fingerprint density at radius 3 is 3.00 bits per heavy atom. The van der Waals surface area contributed by atoms with E-state index in [0.717, 1.165) is 23.7 Å². The predicted molar refractivity (Wildman–Crippen MR) is 84.4 cm³/mol. The molecular weight excluding hydrogens is 266 g/mol. The average Bonchev–Trinajstić information content (AvgIpc) is 3.01. The van der Waals surface area contributed by atoms with Gasteiger partial charge in [0.25, 0.3) is 0 Å². The van der Waals surface area contributed by atoms with Gasteiger partial charge in [0, 0.05) is 17.6 Å². The van der Waals surface area contributed by atoms with E-state index in [-0.39, 0.29) is 6.04 Å². The van der Waals surface area contributed by atoms with Crippen LogP contribution in [-0.4, -0.2) is 4.98 Å². The van der Waals surface area contributed by atoms with Gasteiger partial charge in [-0.15, -0.1) is 0 Å². The molecule has 3 N–H and O–H groups in total. The van der Waals surface area contributed by atoms with Gasteiger partial charge in [-0.05, 0) is 59.0 Å². The van der Waals surface area contributed by atoms with Gasteiger partial charge in [-0.25, -0.2) is 0 Å². The summed E-state index contributed by atoms with van der Waals surface area (Å²) in [5, 5.41) is 5.46. The number of aromatic nitrogens is 1. The average molecular weight is 283 g/mol. The number of nitrogens with one attached hydrogen (secondary N) is 1. The molecule has 0 spiro atoms. The molecule has 4 heteroatoms. The van der Waals surface area contributed by atoms with Gasteiger partial charge in [0.1, 0.15) is 0 Å². The van der Waals surface area contributed by atoms with Crippen LogP contribution in [0, 0.1) is 0 Å². The molecule has 0 saturated heterocycles. The molecule has 0 aliphatic rings. The summed E-state index contributed by atoms with van der Waals surface area (Å²) in [5.74, 6) is 5.73. The van der Waals surface area contributed by atoms with E-state index in [2.05, 4.69) is 51.5 Å². The molecule has 1 unspecified atom stereocenters. The largest absolute Gasteiger partial charge is 0.271 e. The van der Waals surface area contributed by atoms with E-state index in [9.17, 15) is 0 Å². The summed E-state index contributed by atoms with van der Waals surface area (Å²) in [6.45, 7) is 0. The molecule has 0 amide bonds. The highest BCUT2D eigenvalue weighted by Crippen LogP contribution is 2.22. The monoisotopic (exact) mass is 283 g/mol. The molecule has 3 nitrogen and oxygen atoms in total. The molecule has 1 aromatic carbocycles. The Morgan fingerprint density at radius 1 is 1.25 bits per heavy atom. The molecular formula is C16H17N3S. The molecule has 0 radical (unpaired) electrons. The van der Waals surface area contributed by atoms with Gasteiger partial charge in [0.05, 0.1) is 5.52 Å². The van der Waals surface area contributed by atoms with Gasteiger partial charge in [0.2, 0.25) is 0 Å².